The fourth-order valence-corrected chi connectivity index (χ4v) is 19.9. The van der Waals surface area contributed by atoms with Crippen molar-refractivity contribution in [3.05, 3.63) is 140 Å². The predicted octanol–water partition coefficient (Wildman–Crippen LogP) is 8.06. The summed E-state index contributed by atoms with van der Waals surface area (Å²) in [5, 5.41) is 126. The molecule has 4 aliphatic carbocycles. The number of amides is 7. The molecule has 18 N–H and O–H groups in total. The SMILES string of the molecule is CC[C@H](CC(C)C)C(=O)N[C@H]1C(=O)C[C@@H](CC(=O)NC(=O)Nc2ccc(OC)cc2)C(=O)N[C@H]2C(=O)C[C@H]3C(=O)N[C@H](C(=O)N[C@H](C(=O)CC4C5CC6CC(C5)CC4C6)c4cc(O)c(CNC)c(O)c4-c4cc3ccc4O)[C@H](O)c3ccc(c(Cl)c3)Oc3cc2cc(c3O[C@@H]2O[C@H](CO)[C@@H](O)[C@H](O)[C@H]2O[C@H]2C[C@](C)(N)[C@H](O)[C@H](C)O2)Oc2ccc(cc2Cl)[C@H]1O. The average molecular weight is 1770 g/mol. The van der Waals surface area contributed by atoms with Crippen molar-refractivity contribution in [1.29, 1.82) is 0 Å². The third-order valence-corrected chi connectivity index (χ3v) is 26.4. The molecule has 11 aliphatic rings. The number of carbonyl (C=O) groups excluding carboxylic acids is 9. The molecule has 6 fully saturated rings. The standard InChI is InChI=1S/C90H106Cl2N8O25/c1-8-42(19-38(2)3)84(114)99-74-61(104)28-49(31-69(107)96-89(118)95-50-12-14-51(119-7)15-13-50)85(115)97-72-48-29-66(121-64-17-10-44(76(74)108)26-57(64)91)81(125-88-82(80(112)79(111)68(37-101)123-88)124-70-35-90(5,93)83(113)39(4)120-70)67(30-48)122-65-18-11-45(27-58(65)92)77(109)75-87(117)98-73(63(106)32-52-46-21-40-20-41(23-46)24-47(52)22-40)55-34-60(103)56(36-94-6)78(110)71(55)54-25-43(9-16-59(54)102)53(33-62(72)105)86(116)100-75/h9-18,25-27,29-30,34,38-42,46-47,49,52-53,68,70,72-77,79-80,82-83,88,94,101-103,108-113H,8,19-24,28,31-33,35-37,93H2,1-7H3,(H,97,115)(H,98,117)(H,99,114)(H,100,116)(H2,95,96,107,118)/t39-,40?,41?,42+,46?,47?,49-,52?,53+,68+,70-,72+,73-,74-,75-,76+,77+,79+,80-,82+,83+,88-,90-/m0/s1. The summed E-state index contributed by atoms with van der Waals surface area (Å²) >= 11 is 14.6. The average Bonchev–Trinajstić information content (AvgIpc) is 0.744. The zero-order valence-electron chi connectivity index (χ0n) is 69.8. The lowest BCUT2D eigenvalue weighted by molar-refractivity contribution is -0.333. The van der Waals surface area contributed by atoms with Crippen LogP contribution in [0.15, 0.2) is 97.1 Å². The molecule has 35 heteroatoms. The van der Waals surface area contributed by atoms with E-state index in [4.69, 9.17) is 62.1 Å². The van der Waals surface area contributed by atoms with E-state index in [-0.39, 0.29) is 116 Å². The Balaban J connectivity index is 0.977. The summed E-state index contributed by atoms with van der Waals surface area (Å²) in [7, 11) is 2.95. The van der Waals surface area contributed by atoms with Crippen LogP contribution < -0.4 is 61.9 Å². The number of phenolic OH excluding ortho intramolecular Hbond substituents is 3. The molecule has 17 rings (SSSR count). The molecule has 0 radical (unpaired) electrons. The van der Waals surface area contributed by atoms with Gasteiger partial charge in [0.25, 0.3) is 0 Å². The normalized spacial score (nSPS) is 30.5. The van der Waals surface area contributed by atoms with Crippen molar-refractivity contribution in [2.24, 2.45) is 53.1 Å². The number of hydrogen-bond donors (Lipinski definition) is 17. The van der Waals surface area contributed by atoms with Gasteiger partial charge in [-0.2, -0.15) is 0 Å². The molecule has 0 unspecified atom stereocenters. The molecule has 18 atom stereocenters. The third-order valence-electron chi connectivity index (χ3n) is 25.8. The third kappa shape index (κ3) is 19.4. The van der Waals surface area contributed by atoms with Gasteiger partial charge in [0.1, 0.15) is 89.2 Å². The molecule has 2 saturated heterocycles. The van der Waals surface area contributed by atoms with E-state index in [1.54, 1.807) is 6.92 Å². The van der Waals surface area contributed by atoms with Gasteiger partial charge in [-0.3, -0.25) is 43.7 Å². The summed E-state index contributed by atoms with van der Waals surface area (Å²) in [6, 6.07) is 11.0. The first-order valence-electron chi connectivity index (χ1n) is 42.2. The first kappa shape index (κ1) is 91.1. The Kier molecular flexibility index (Phi) is 27.6. The highest BCUT2D eigenvalue weighted by molar-refractivity contribution is 6.32. The van der Waals surface area contributed by atoms with E-state index in [9.17, 15) is 60.3 Å². The van der Waals surface area contributed by atoms with Crippen molar-refractivity contribution in [3.63, 3.8) is 0 Å². The van der Waals surface area contributed by atoms with Crippen molar-refractivity contribution < 1.29 is 122 Å². The van der Waals surface area contributed by atoms with E-state index in [2.05, 4.69) is 37.2 Å². The maximum atomic E-state index is 16.9. The summed E-state index contributed by atoms with van der Waals surface area (Å²) in [5.74, 6) is -15.9. The van der Waals surface area contributed by atoms with Crippen LogP contribution in [-0.2, 0) is 59.1 Å². The second-order valence-corrected chi connectivity index (χ2v) is 35.9. The molecule has 6 aromatic carbocycles. The fraction of sp³-hybridized carbons (Fsp3) is 0.500. The first-order chi connectivity index (χ1) is 59.5. The summed E-state index contributed by atoms with van der Waals surface area (Å²) < 4.78 is 44.5. The van der Waals surface area contributed by atoms with Crippen LogP contribution in [-0.4, -0.2) is 186 Å². The quantitative estimate of drug-likeness (QED) is 0.0364. The van der Waals surface area contributed by atoms with Gasteiger partial charge >= 0.3 is 6.03 Å². The van der Waals surface area contributed by atoms with Gasteiger partial charge in [0, 0.05) is 66.9 Å². The Bertz CT molecular complexity index is 5100. The van der Waals surface area contributed by atoms with E-state index in [0.29, 0.717) is 24.0 Å². The van der Waals surface area contributed by atoms with E-state index >= 15 is 28.8 Å². The zero-order valence-corrected chi connectivity index (χ0v) is 71.3. The van der Waals surface area contributed by atoms with Crippen molar-refractivity contribution in [3.8, 4) is 62.9 Å². The van der Waals surface area contributed by atoms with Crippen molar-refractivity contribution >= 4 is 81.8 Å². The Morgan fingerprint density at radius 1 is 0.704 bits per heavy atom. The van der Waals surface area contributed by atoms with Crippen LogP contribution in [0.2, 0.25) is 10.0 Å². The molecular formula is C90H106Cl2N8O25. The van der Waals surface area contributed by atoms with Crippen molar-refractivity contribution in [2.45, 2.75) is 215 Å². The number of benzene rings is 6. The van der Waals surface area contributed by atoms with Crippen molar-refractivity contribution in [2.75, 3.05) is 26.1 Å². The number of nitrogens with one attached hydrogen (secondary N) is 7. The van der Waals surface area contributed by atoms with E-state index in [1.807, 2.05) is 13.8 Å². The lowest BCUT2D eigenvalue weighted by atomic mass is 9.51. The molecule has 6 aromatic rings. The number of methoxy groups -OCH3 is 1. The highest BCUT2D eigenvalue weighted by Gasteiger charge is 2.53. The summed E-state index contributed by atoms with van der Waals surface area (Å²) in [6.45, 7) is 7.35. The molecule has 125 heavy (non-hydrogen) atoms. The molecule has 4 saturated carbocycles. The van der Waals surface area contributed by atoms with Gasteiger partial charge in [-0.05, 0) is 208 Å². The van der Waals surface area contributed by atoms with Crippen LogP contribution in [0.25, 0.3) is 11.1 Å². The molecule has 0 aromatic heterocycles. The number of imide groups is 1. The Hall–Kier alpha value is -10.1. The number of urea groups is 1. The number of carbonyl (C=O) groups is 9. The number of aliphatic hydroxyl groups is 6. The number of nitrogens with two attached hydrogens (primary N) is 1. The minimum absolute atomic E-state index is 0.0564. The van der Waals surface area contributed by atoms with Crippen LogP contribution in [0.4, 0.5) is 10.5 Å². The number of aliphatic hydroxyl groups excluding tert-OH is 6. The first-order valence-corrected chi connectivity index (χ1v) is 42.9. The second kappa shape index (κ2) is 37.8. The smallest absolute Gasteiger partial charge is 0.325 e. The fourth-order valence-electron chi connectivity index (χ4n) is 19.4. The van der Waals surface area contributed by atoms with Crippen LogP contribution in [0.1, 0.15) is 175 Å². The molecule has 0 spiro atoms. The van der Waals surface area contributed by atoms with Gasteiger partial charge in [0.2, 0.25) is 41.6 Å². The monoisotopic (exact) mass is 1770 g/mol. The molecule has 33 nitrogen and oxygen atoms in total. The van der Waals surface area contributed by atoms with Crippen LogP contribution in [0.3, 0.4) is 0 Å². The number of halogens is 2. The summed E-state index contributed by atoms with van der Waals surface area (Å²) in [4.78, 5) is 140. The maximum Gasteiger partial charge on any atom is 0.325 e. The van der Waals surface area contributed by atoms with Gasteiger partial charge in [-0.25, -0.2) is 4.79 Å². The van der Waals surface area contributed by atoms with E-state index in [0.717, 1.165) is 50.3 Å². The molecular weight excluding hydrogens is 1660 g/mol. The van der Waals surface area contributed by atoms with Gasteiger partial charge in [-0.15, -0.1) is 0 Å². The van der Waals surface area contributed by atoms with E-state index < -0.39 is 228 Å². The number of hydrogen-bond acceptors (Lipinski definition) is 27. The molecule has 7 amide bonds. The van der Waals surface area contributed by atoms with Crippen LogP contribution >= 0.6 is 23.2 Å². The van der Waals surface area contributed by atoms with Crippen LogP contribution in [0.5, 0.6) is 51.7 Å². The number of aromatic hydroxyl groups is 3. The highest BCUT2D eigenvalue weighted by atomic mass is 35.5. The number of ketones is 3. The molecule has 7 aliphatic heterocycles. The van der Waals surface area contributed by atoms with E-state index in [1.165, 1.54) is 107 Å². The number of anilines is 1. The van der Waals surface area contributed by atoms with Gasteiger partial charge < -0.3 is 117 Å². The largest absolute Gasteiger partial charge is 0.507 e. The second-order valence-electron chi connectivity index (χ2n) is 35.0. The molecule has 670 valence electrons. The topological polar surface area (TPSA) is 511 Å². The molecule has 15 bridgehead atoms. The highest BCUT2D eigenvalue weighted by Crippen LogP contribution is 2.59. The number of ether oxygens (including phenoxy) is 7. The summed E-state index contributed by atoms with van der Waals surface area (Å²) in [6.07, 6.45) is -15.8. The van der Waals surface area contributed by atoms with Gasteiger partial charge in [0.05, 0.1) is 53.4 Å². The number of phenols is 3. The Morgan fingerprint density at radius 2 is 1.34 bits per heavy atom. The Labute approximate surface area is 730 Å². The van der Waals surface area contributed by atoms with Gasteiger partial charge in [0.15, 0.2) is 41.2 Å². The maximum absolute atomic E-state index is 16.9. The number of fused-ring (bicyclic) bond motifs is 15. The predicted molar refractivity (Wildman–Crippen MR) is 449 cm³/mol. The number of rotatable bonds is 19. The minimum Gasteiger partial charge on any atom is -0.507 e. The van der Waals surface area contributed by atoms with Crippen LogP contribution in [0, 0.1) is 47.3 Å². The lowest BCUT2D eigenvalue weighted by Gasteiger charge is -2.54. The lowest BCUT2D eigenvalue weighted by Crippen LogP contribution is -2.64. The van der Waals surface area contributed by atoms with Crippen molar-refractivity contribution in [1.82, 2.24) is 31.9 Å². The molecule has 7 heterocycles. The Morgan fingerprint density at radius 3 is 1.94 bits per heavy atom. The van der Waals surface area contributed by atoms with Gasteiger partial charge in [-0.1, -0.05) is 62.2 Å². The summed E-state index contributed by atoms with van der Waals surface area (Å²) in [5.41, 5.74) is 3.55. The minimum atomic E-state index is -2.27. The zero-order chi connectivity index (χ0) is 89.6. The number of Topliss-reactive ketones (excluding diaryl/α,β-unsaturated/α-hetero) is 3.